The Kier molecular flexibility index (Phi) is 8.31. The molecule has 0 radical (unpaired) electrons. The Morgan fingerprint density at radius 1 is 0.933 bits per heavy atom. The summed E-state index contributed by atoms with van der Waals surface area (Å²) in [5.41, 5.74) is 2.02. The van der Waals surface area contributed by atoms with E-state index in [1.165, 1.54) is 4.90 Å². The summed E-state index contributed by atoms with van der Waals surface area (Å²) in [4.78, 5) is 34.5. The van der Waals surface area contributed by atoms with Crippen LogP contribution in [0.1, 0.15) is 22.3 Å². The van der Waals surface area contributed by atoms with Crippen LogP contribution in [-0.4, -0.2) is 75.1 Å². The molecule has 0 bridgehead atoms. The smallest absolute Gasteiger partial charge is 0.407 e. The summed E-state index contributed by atoms with van der Waals surface area (Å²) in [7, 11) is 3.17. The summed E-state index contributed by atoms with van der Waals surface area (Å²) < 4.78 is 18.6. The lowest BCUT2D eigenvalue weighted by atomic mass is 10.2. The van der Waals surface area contributed by atoms with Gasteiger partial charge in [0.2, 0.25) is 0 Å². The SMILES string of the molecule is COc1ccc(Cn2nc(NC3CCN(C(=O)O)C3)c3c(Oc4ccc(C(=O)Nc5cc(OC)ccn5)cc4)ccnc32)cc1. The molecule has 1 aliphatic heterocycles. The number of anilines is 2. The second-order valence-electron chi connectivity index (χ2n) is 10.4. The Hall–Kier alpha value is -5.85. The van der Waals surface area contributed by atoms with Crippen LogP contribution in [0.25, 0.3) is 11.0 Å². The van der Waals surface area contributed by atoms with Crippen molar-refractivity contribution < 1.29 is 28.9 Å². The number of nitrogens with zero attached hydrogens (tertiary/aromatic N) is 5. The van der Waals surface area contributed by atoms with Crippen LogP contribution in [0.4, 0.5) is 16.4 Å². The van der Waals surface area contributed by atoms with Crippen LogP contribution in [-0.2, 0) is 6.54 Å². The molecule has 0 aliphatic carbocycles. The van der Waals surface area contributed by atoms with Gasteiger partial charge in [0, 0.05) is 49.2 Å². The van der Waals surface area contributed by atoms with Gasteiger partial charge in [-0.15, -0.1) is 0 Å². The molecule has 3 N–H and O–H groups in total. The topological polar surface area (TPSA) is 153 Å². The number of amides is 2. The number of fused-ring (bicyclic) bond motifs is 1. The summed E-state index contributed by atoms with van der Waals surface area (Å²) in [6.07, 6.45) is 2.90. The third-order valence-corrected chi connectivity index (χ3v) is 7.44. The van der Waals surface area contributed by atoms with Gasteiger partial charge >= 0.3 is 6.09 Å². The van der Waals surface area contributed by atoms with Gasteiger partial charge < -0.3 is 34.9 Å². The molecule has 1 unspecified atom stereocenters. The van der Waals surface area contributed by atoms with Gasteiger partial charge in [0.1, 0.15) is 34.2 Å². The second-order valence-corrected chi connectivity index (χ2v) is 10.4. The van der Waals surface area contributed by atoms with Gasteiger partial charge in [-0.1, -0.05) is 12.1 Å². The molecule has 230 valence electrons. The number of likely N-dealkylation sites (tertiary alicyclic amines) is 1. The molecule has 6 rings (SSSR count). The molecule has 5 aromatic rings. The fourth-order valence-electron chi connectivity index (χ4n) is 5.11. The van der Waals surface area contributed by atoms with Crippen LogP contribution in [0.3, 0.4) is 0 Å². The summed E-state index contributed by atoms with van der Waals surface area (Å²) in [5.74, 6) is 2.94. The molecule has 0 spiro atoms. The number of hydrogen-bond donors (Lipinski definition) is 3. The summed E-state index contributed by atoms with van der Waals surface area (Å²) >= 11 is 0. The number of benzene rings is 2. The summed E-state index contributed by atoms with van der Waals surface area (Å²) in [6, 6.07) is 19.4. The van der Waals surface area contributed by atoms with Crippen LogP contribution in [0, 0.1) is 0 Å². The van der Waals surface area contributed by atoms with Crippen molar-refractivity contribution in [3.8, 4) is 23.0 Å². The number of hydrogen-bond acceptors (Lipinski definition) is 9. The molecule has 2 amide bonds. The van der Waals surface area contributed by atoms with E-state index >= 15 is 0 Å². The molecular formula is C32H31N7O6. The molecule has 1 fully saturated rings. The number of carbonyl (C=O) groups excluding carboxylic acids is 1. The Morgan fingerprint density at radius 2 is 1.67 bits per heavy atom. The molecule has 4 heterocycles. The number of rotatable bonds is 10. The third kappa shape index (κ3) is 6.56. The van der Waals surface area contributed by atoms with E-state index in [0.717, 1.165) is 11.3 Å². The van der Waals surface area contributed by atoms with Gasteiger partial charge in [0.15, 0.2) is 11.5 Å². The molecule has 3 aromatic heterocycles. The Morgan fingerprint density at radius 3 is 2.38 bits per heavy atom. The first-order chi connectivity index (χ1) is 21.9. The second kappa shape index (κ2) is 12.8. The lowest BCUT2D eigenvalue weighted by Crippen LogP contribution is -2.30. The number of methoxy groups -OCH3 is 2. The fraction of sp³-hybridized carbons (Fsp3) is 0.219. The van der Waals surface area contributed by atoms with Crippen molar-refractivity contribution in [3.63, 3.8) is 0 Å². The predicted molar refractivity (Wildman–Crippen MR) is 167 cm³/mol. The standard InChI is InChI=1S/C32H31N7O6/c1-43-23-7-3-20(4-8-23)18-39-30-28(29(37-39)35-22-13-16-38(19-22)32(41)42)26(12-15-34-30)45-24-9-5-21(6-10-24)31(40)36-27-17-25(44-2)11-14-33-27/h3-12,14-15,17,22H,13,16,18-19H2,1-2H3,(H,35,37)(H,41,42)(H,33,36,40). The van der Waals surface area contributed by atoms with E-state index in [4.69, 9.17) is 19.3 Å². The molecule has 1 atom stereocenters. The first-order valence-electron chi connectivity index (χ1n) is 14.2. The molecule has 1 saturated heterocycles. The van der Waals surface area contributed by atoms with Crippen LogP contribution >= 0.6 is 0 Å². The normalized spacial score (nSPS) is 14.3. The van der Waals surface area contributed by atoms with Crippen molar-refractivity contribution in [2.45, 2.75) is 19.0 Å². The maximum atomic E-state index is 12.8. The average Bonchev–Trinajstić information content (AvgIpc) is 3.67. The molecule has 2 aromatic carbocycles. The molecular weight excluding hydrogens is 578 g/mol. The van der Waals surface area contributed by atoms with E-state index in [1.807, 2.05) is 24.3 Å². The predicted octanol–water partition coefficient (Wildman–Crippen LogP) is 5.10. The minimum absolute atomic E-state index is 0.126. The monoisotopic (exact) mass is 609 g/mol. The molecule has 13 heteroatoms. The average molecular weight is 610 g/mol. The number of nitrogens with one attached hydrogen (secondary N) is 2. The van der Waals surface area contributed by atoms with E-state index in [2.05, 4.69) is 20.6 Å². The zero-order valence-electron chi connectivity index (χ0n) is 24.6. The number of aromatic nitrogens is 4. The maximum Gasteiger partial charge on any atom is 0.407 e. The van der Waals surface area contributed by atoms with Gasteiger partial charge in [-0.25, -0.2) is 19.4 Å². The first kappa shape index (κ1) is 29.2. The van der Waals surface area contributed by atoms with Gasteiger partial charge in [-0.05, 0) is 54.4 Å². The Labute approximate surface area is 258 Å². The first-order valence-corrected chi connectivity index (χ1v) is 14.2. The molecule has 1 aliphatic rings. The minimum atomic E-state index is -0.947. The van der Waals surface area contributed by atoms with E-state index in [-0.39, 0.29) is 11.9 Å². The highest BCUT2D eigenvalue weighted by atomic mass is 16.5. The Balaban J connectivity index is 1.26. The summed E-state index contributed by atoms with van der Waals surface area (Å²) in [6.45, 7) is 1.22. The van der Waals surface area contributed by atoms with Crippen LogP contribution in [0.15, 0.2) is 79.1 Å². The van der Waals surface area contributed by atoms with Gasteiger partial charge in [-0.3, -0.25) is 4.79 Å². The zero-order valence-corrected chi connectivity index (χ0v) is 24.6. The lowest BCUT2D eigenvalue weighted by Gasteiger charge is -2.14. The van der Waals surface area contributed by atoms with Gasteiger partial charge in [0.25, 0.3) is 5.91 Å². The van der Waals surface area contributed by atoms with E-state index < -0.39 is 6.09 Å². The van der Waals surface area contributed by atoms with Crippen molar-refractivity contribution >= 4 is 34.7 Å². The highest BCUT2D eigenvalue weighted by molar-refractivity contribution is 6.04. The number of carboxylic acid groups (broad SMARTS) is 1. The van der Waals surface area contributed by atoms with Crippen molar-refractivity contribution in [2.75, 3.05) is 37.9 Å². The summed E-state index contributed by atoms with van der Waals surface area (Å²) in [5, 5.41) is 21.1. The number of pyridine rings is 2. The Bertz CT molecular complexity index is 1820. The van der Waals surface area contributed by atoms with E-state index in [0.29, 0.717) is 71.5 Å². The van der Waals surface area contributed by atoms with Gasteiger partial charge in [-0.2, -0.15) is 5.10 Å². The van der Waals surface area contributed by atoms with Crippen LogP contribution in [0.5, 0.6) is 23.0 Å². The molecule has 13 nitrogen and oxygen atoms in total. The molecule has 0 saturated carbocycles. The third-order valence-electron chi connectivity index (χ3n) is 7.44. The highest BCUT2D eigenvalue weighted by Crippen LogP contribution is 2.35. The number of ether oxygens (including phenoxy) is 3. The highest BCUT2D eigenvalue weighted by Gasteiger charge is 2.28. The van der Waals surface area contributed by atoms with Crippen molar-refractivity contribution in [2.24, 2.45) is 0 Å². The minimum Gasteiger partial charge on any atom is -0.497 e. The van der Waals surface area contributed by atoms with Crippen molar-refractivity contribution in [3.05, 3.63) is 90.3 Å². The van der Waals surface area contributed by atoms with Crippen molar-refractivity contribution in [1.82, 2.24) is 24.6 Å². The van der Waals surface area contributed by atoms with E-state index in [1.54, 1.807) is 73.8 Å². The number of carbonyl (C=O) groups is 2. The van der Waals surface area contributed by atoms with Crippen LogP contribution in [0.2, 0.25) is 0 Å². The van der Waals surface area contributed by atoms with E-state index in [9.17, 15) is 14.7 Å². The van der Waals surface area contributed by atoms with Gasteiger partial charge in [0.05, 0.1) is 20.8 Å². The largest absolute Gasteiger partial charge is 0.497 e. The quantitative estimate of drug-likeness (QED) is 0.195. The maximum absolute atomic E-state index is 12.8. The fourth-order valence-corrected chi connectivity index (χ4v) is 5.11. The van der Waals surface area contributed by atoms with Crippen LogP contribution < -0.4 is 24.8 Å². The van der Waals surface area contributed by atoms with Crippen molar-refractivity contribution in [1.29, 1.82) is 0 Å². The molecule has 45 heavy (non-hydrogen) atoms. The zero-order chi connectivity index (χ0) is 31.3. The lowest BCUT2D eigenvalue weighted by molar-refractivity contribution is 0.102.